The average molecular weight is 472 g/mol. The lowest BCUT2D eigenvalue weighted by molar-refractivity contribution is -0.642. The van der Waals surface area contributed by atoms with Crippen molar-refractivity contribution in [1.82, 2.24) is 0 Å². The zero-order chi connectivity index (χ0) is 17.4. The first-order valence-electron chi connectivity index (χ1n) is 8.39. The Morgan fingerprint density at radius 2 is 1.62 bits per heavy atom. The van der Waals surface area contributed by atoms with Crippen molar-refractivity contribution >= 4 is 50.2 Å². The normalized spacial score (nSPS) is 11.2. The Morgan fingerprint density at radius 1 is 0.885 bits per heavy atom. The van der Waals surface area contributed by atoms with Crippen LogP contribution in [0.3, 0.4) is 0 Å². The van der Waals surface area contributed by atoms with Gasteiger partial charge in [0.25, 0.3) is 5.01 Å². The molecular weight excluding hydrogens is 451 g/mol. The Morgan fingerprint density at radius 3 is 2.35 bits per heavy atom. The third kappa shape index (κ3) is 3.48. The topological polar surface area (TPSA) is 7.12 Å². The van der Waals surface area contributed by atoms with Gasteiger partial charge in [-0.15, -0.1) is 0 Å². The van der Waals surface area contributed by atoms with E-state index in [-0.39, 0.29) is 24.0 Å². The molecule has 0 radical (unpaired) electrons. The second-order valence-electron chi connectivity index (χ2n) is 6.45. The molecule has 4 rings (SSSR count). The van der Waals surface area contributed by atoms with E-state index < -0.39 is 0 Å². The van der Waals surface area contributed by atoms with Gasteiger partial charge in [0.2, 0.25) is 5.52 Å². The fourth-order valence-electron chi connectivity index (χ4n) is 3.09. The van der Waals surface area contributed by atoms with Crippen LogP contribution in [0.25, 0.3) is 33.1 Å². The maximum Gasteiger partial charge on any atom is 0.262 e. The molecule has 0 bridgehead atoms. The highest BCUT2D eigenvalue weighted by Crippen LogP contribution is 2.29. The highest BCUT2D eigenvalue weighted by atomic mass is 127. The summed E-state index contributed by atoms with van der Waals surface area (Å²) >= 11 is 1.85. The third-order valence-electron chi connectivity index (χ3n) is 4.59. The molecule has 0 saturated carbocycles. The van der Waals surface area contributed by atoms with Crippen molar-refractivity contribution in [2.75, 3.05) is 19.0 Å². The molecule has 0 aliphatic rings. The molecule has 1 heterocycles. The van der Waals surface area contributed by atoms with Crippen molar-refractivity contribution in [2.24, 2.45) is 7.05 Å². The Hall–Kier alpha value is -1.92. The molecule has 26 heavy (non-hydrogen) atoms. The minimum absolute atomic E-state index is 0. The van der Waals surface area contributed by atoms with Crippen LogP contribution in [-0.4, -0.2) is 14.1 Å². The summed E-state index contributed by atoms with van der Waals surface area (Å²) < 4.78 is 3.63. The number of benzene rings is 3. The summed E-state index contributed by atoms with van der Waals surface area (Å²) in [4.78, 5) is 2.12. The van der Waals surface area contributed by atoms with Crippen LogP contribution < -0.4 is 33.4 Å². The molecule has 0 aliphatic heterocycles. The highest BCUT2D eigenvalue weighted by Gasteiger charge is 2.16. The standard InChI is InChI=1S/C22H21N2S.HI/c1-23(2)18-12-8-16(9-13-18)10-15-21-24(3)20-14-11-17-6-4-5-7-19(17)22(20)25-21;/h4-15H,1-3H3;1H/q+1;/p-1. The fourth-order valence-corrected chi connectivity index (χ4v) is 4.28. The zero-order valence-electron chi connectivity index (χ0n) is 15.1. The summed E-state index contributed by atoms with van der Waals surface area (Å²) in [6, 6.07) is 21.6. The number of aryl methyl sites for hydroxylation is 1. The summed E-state index contributed by atoms with van der Waals surface area (Å²) in [7, 11) is 6.27. The van der Waals surface area contributed by atoms with Gasteiger partial charge in [-0.3, -0.25) is 0 Å². The lowest BCUT2D eigenvalue weighted by Gasteiger charge is -2.11. The number of rotatable bonds is 3. The summed E-state index contributed by atoms with van der Waals surface area (Å²) in [5.74, 6) is 0. The molecule has 2 nitrogen and oxygen atoms in total. The van der Waals surface area contributed by atoms with Crippen LogP contribution in [0.4, 0.5) is 5.69 Å². The molecule has 0 fully saturated rings. The third-order valence-corrected chi connectivity index (χ3v) is 5.84. The van der Waals surface area contributed by atoms with E-state index >= 15 is 0 Å². The van der Waals surface area contributed by atoms with E-state index in [0.29, 0.717) is 0 Å². The number of nitrogens with zero attached hydrogens (tertiary/aromatic N) is 2. The quantitative estimate of drug-likeness (QED) is 0.328. The number of anilines is 1. The van der Waals surface area contributed by atoms with Crippen LogP contribution in [0.2, 0.25) is 0 Å². The zero-order valence-corrected chi connectivity index (χ0v) is 18.1. The van der Waals surface area contributed by atoms with Crippen LogP contribution in [0.1, 0.15) is 10.6 Å². The van der Waals surface area contributed by atoms with Crippen LogP contribution in [0, 0.1) is 0 Å². The van der Waals surface area contributed by atoms with Gasteiger partial charge in [-0.1, -0.05) is 47.7 Å². The predicted molar refractivity (Wildman–Crippen MR) is 110 cm³/mol. The van der Waals surface area contributed by atoms with Gasteiger partial charge in [-0.2, -0.15) is 4.57 Å². The van der Waals surface area contributed by atoms with Crippen molar-refractivity contribution in [3.63, 3.8) is 0 Å². The number of halogens is 1. The minimum Gasteiger partial charge on any atom is -1.00 e. The Labute approximate surface area is 175 Å². The molecule has 3 aromatic carbocycles. The molecule has 132 valence electrons. The van der Waals surface area contributed by atoms with E-state index in [1.54, 1.807) is 0 Å². The average Bonchev–Trinajstić information content (AvgIpc) is 2.97. The van der Waals surface area contributed by atoms with E-state index in [2.05, 4.69) is 103 Å². The summed E-state index contributed by atoms with van der Waals surface area (Å²) in [5, 5.41) is 3.88. The first-order chi connectivity index (χ1) is 12.1. The number of hydrogen-bond donors (Lipinski definition) is 0. The maximum atomic E-state index is 2.27. The van der Waals surface area contributed by atoms with Gasteiger partial charge in [0.05, 0.1) is 0 Å². The van der Waals surface area contributed by atoms with E-state index in [1.165, 1.54) is 37.2 Å². The summed E-state index contributed by atoms with van der Waals surface area (Å²) in [6.45, 7) is 0. The molecular formula is C22H21IN2S. The molecule has 1 aromatic heterocycles. The van der Waals surface area contributed by atoms with Crippen molar-refractivity contribution < 1.29 is 28.5 Å². The lowest BCUT2D eigenvalue weighted by Crippen LogP contribution is -3.00. The monoisotopic (exact) mass is 472 g/mol. The lowest BCUT2D eigenvalue weighted by atomic mass is 10.1. The second-order valence-corrected chi connectivity index (χ2v) is 7.48. The SMILES string of the molecule is CN(C)c1ccc(C=Cc2sc3c4ccccc4ccc3[n+]2C)cc1.[I-]. The Kier molecular flexibility index (Phi) is 5.63. The van der Waals surface area contributed by atoms with Crippen molar-refractivity contribution in [1.29, 1.82) is 0 Å². The largest absolute Gasteiger partial charge is 1.00 e. The second kappa shape index (κ2) is 7.76. The summed E-state index contributed by atoms with van der Waals surface area (Å²) in [5.41, 5.74) is 3.72. The van der Waals surface area contributed by atoms with Crippen LogP contribution in [0.5, 0.6) is 0 Å². The molecule has 0 saturated heterocycles. The van der Waals surface area contributed by atoms with E-state index in [1.807, 2.05) is 11.3 Å². The maximum absolute atomic E-state index is 2.27. The van der Waals surface area contributed by atoms with Gasteiger partial charge in [0.15, 0.2) is 0 Å². The highest BCUT2D eigenvalue weighted by molar-refractivity contribution is 7.19. The Balaban J connectivity index is 0.00000196. The predicted octanol–water partition coefficient (Wildman–Crippen LogP) is 2.12. The molecule has 4 heteroatoms. The van der Waals surface area contributed by atoms with Gasteiger partial charge in [0, 0.05) is 37.3 Å². The van der Waals surface area contributed by atoms with E-state index in [0.717, 1.165) is 0 Å². The number of hydrogen-bond acceptors (Lipinski definition) is 2. The van der Waals surface area contributed by atoms with Crippen molar-refractivity contribution in [3.05, 3.63) is 71.2 Å². The number of thiazole rings is 1. The van der Waals surface area contributed by atoms with Crippen LogP contribution >= 0.6 is 11.3 Å². The number of fused-ring (bicyclic) bond motifs is 3. The first-order valence-corrected chi connectivity index (χ1v) is 9.21. The number of aromatic nitrogens is 1. The molecule has 0 unspecified atom stereocenters. The van der Waals surface area contributed by atoms with E-state index in [4.69, 9.17) is 0 Å². The molecule has 0 atom stereocenters. The smallest absolute Gasteiger partial charge is 0.262 e. The van der Waals surface area contributed by atoms with Crippen molar-refractivity contribution in [2.45, 2.75) is 0 Å². The minimum atomic E-state index is 0. The molecule has 0 amide bonds. The van der Waals surface area contributed by atoms with Gasteiger partial charge in [0.1, 0.15) is 11.7 Å². The van der Waals surface area contributed by atoms with E-state index in [9.17, 15) is 0 Å². The van der Waals surface area contributed by atoms with Gasteiger partial charge in [-0.25, -0.2) is 0 Å². The van der Waals surface area contributed by atoms with Gasteiger partial charge >= 0.3 is 0 Å². The molecule has 0 N–H and O–H groups in total. The van der Waals surface area contributed by atoms with Crippen LogP contribution in [-0.2, 0) is 7.05 Å². The van der Waals surface area contributed by atoms with Gasteiger partial charge < -0.3 is 28.9 Å². The van der Waals surface area contributed by atoms with Crippen LogP contribution in [0.15, 0.2) is 60.7 Å². The van der Waals surface area contributed by atoms with Crippen molar-refractivity contribution in [3.8, 4) is 0 Å². The van der Waals surface area contributed by atoms with Gasteiger partial charge in [-0.05, 0) is 35.2 Å². The molecule has 4 aromatic rings. The fraction of sp³-hybridized carbons (Fsp3) is 0.136. The molecule has 0 aliphatic carbocycles. The Bertz CT molecular complexity index is 1080. The first kappa shape index (κ1) is 18.9. The molecule has 0 spiro atoms. The summed E-state index contributed by atoms with van der Waals surface area (Å²) in [6.07, 6.45) is 4.40.